The van der Waals surface area contributed by atoms with E-state index >= 15 is 0 Å². The summed E-state index contributed by atoms with van der Waals surface area (Å²) in [6.45, 7) is 6.96. The van der Waals surface area contributed by atoms with Crippen molar-refractivity contribution in [2.75, 3.05) is 19.6 Å². The van der Waals surface area contributed by atoms with Gasteiger partial charge in [0.05, 0.1) is 0 Å². The number of hydrogen-bond donors (Lipinski definition) is 2. The Kier molecular flexibility index (Phi) is 3.46. The molecule has 17 heavy (non-hydrogen) atoms. The van der Waals surface area contributed by atoms with Gasteiger partial charge in [0.2, 0.25) is 0 Å². The predicted octanol–water partition coefficient (Wildman–Crippen LogP) is 1.16. The van der Waals surface area contributed by atoms with E-state index in [1.165, 1.54) is 6.42 Å². The maximum absolute atomic E-state index is 11.4. The van der Waals surface area contributed by atoms with Crippen molar-refractivity contribution in [3.8, 4) is 0 Å². The molecule has 3 unspecified atom stereocenters. The third kappa shape index (κ3) is 2.80. The number of piperidine rings is 1. The SMILES string of the molecule is CC1CC(C)CN(CC(N)(C(=O)O)C2CC2)C1. The normalized spacial score (nSPS) is 34.3. The number of likely N-dealkylation sites (tertiary alicyclic amines) is 1. The topological polar surface area (TPSA) is 66.6 Å². The van der Waals surface area contributed by atoms with E-state index in [2.05, 4.69) is 18.7 Å². The van der Waals surface area contributed by atoms with E-state index in [4.69, 9.17) is 5.73 Å². The van der Waals surface area contributed by atoms with Gasteiger partial charge in [-0.05, 0) is 37.0 Å². The zero-order valence-electron chi connectivity index (χ0n) is 10.9. The Balaban J connectivity index is 2.00. The number of carbonyl (C=O) groups is 1. The molecule has 0 bridgehead atoms. The molecule has 2 fully saturated rings. The van der Waals surface area contributed by atoms with Gasteiger partial charge in [-0.1, -0.05) is 13.8 Å². The minimum atomic E-state index is -1.02. The average molecular weight is 240 g/mol. The summed E-state index contributed by atoms with van der Waals surface area (Å²) in [4.78, 5) is 13.6. The van der Waals surface area contributed by atoms with Gasteiger partial charge < -0.3 is 15.7 Å². The van der Waals surface area contributed by atoms with Crippen molar-refractivity contribution in [3.63, 3.8) is 0 Å². The molecule has 0 aromatic rings. The van der Waals surface area contributed by atoms with Gasteiger partial charge in [-0.25, -0.2) is 0 Å². The van der Waals surface area contributed by atoms with Gasteiger partial charge in [0.25, 0.3) is 0 Å². The molecule has 1 aliphatic heterocycles. The third-order valence-electron chi connectivity index (χ3n) is 4.13. The summed E-state index contributed by atoms with van der Waals surface area (Å²) in [7, 11) is 0. The lowest BCUT2D eigenvalue weighted by Gasteiger charge is -2.39. The molecule has 0 aromatic carbocycles. The molecule has 0 radical (unpaired) electrons. The number of rotatable bonds is 4. The van der Waals surface area contributed by atoms with Gasteiger partial charge in [0, 0.05) is 19.6 Å². The van der Waals surface area contributed by atoms with Crippen LogP contribution in [0, 0.1) is 17.8 Å². The predicted molar refractivity (Wildman–Crippen MR) is 66.7 cm³/mol. The number of hydrogen-bond acceptors (Lipinski definition) is 3. The van der Waals surface area contributed by atoms with Gasteiger partial charge in [-0.15, -0.1) is 0 Å². The van der Waals surface area contributed by atoms with Crippen molar-refractivity contribution >= 4 is 5.97 Å². The van der Waals surface area contributed by atoms with Gasteiger partial charge in [0.1, 0.15) is 5.54 Å². The van der Waals surface area contributed by atoms with Gasteiger partial charge in [0.15, 0.2) is 0 Å². The largest absolute Gasteiger partial charge is 0.480 e. The van der Waals surface area contributed by atoms with E-state index in [0.29, 0.717) is 18.4 Å². The van der Waals surface area contributed by atoms with Crippen LogP contribution in [-0.2, 0) is 4.79 Å². The Morgan fingerprint density at radius 3 is 2.29 bits per heavy atom. The molecule has 1 saturated heterocycles. The Morgan fingerprint density at radius 1 is 1.35 bits per heavy atom. The second kappa shape index (κ2) is 4.58. The monoisotopic (exact) mass is 240 g/mol. The summed E-state index contributed by atoms with van der Waals surface area (Å²) in [5.41, 5.74) is 5.11. The van der Waals surface area contributed by atoms with Crippen molar-refractivity contribution in [3.05, 3.63) is 0 Å². The highest BCUT2D eigenvalue weighted by molar-refractivity contribution is 5.79. The Morgan fingerprint density at radius 2 is 1.88 bits per heavy atom. The van der Waals surface area contributed by atoms with E-state index in [-0.39, 0.29) is 5.92 Å². The van der Waals surface area contributed by atoms with Crippen LogP contribution < -0.4 is 5.73 Å². The van der Waals surface area contributed by atoms with Crippen molar-refractivity contribution in [1.29, 1.82) is 0 Å². The van der Waals surface area contributed by atoms with Crippen molar-refractivity contribution < 1.29 is 9.90 Å². The summed E-state index contributed by atoms with van der Waals surface area (Å²) in [6, 6.07) is 0. The number of aliphatic carboxylic acids is 1. The first-order valence-electron chi connectivity index (χ1n) is 6.66. The molecule has 4 heteroatoms. The van der Waals surface area contributed by atoms with Crippen LogP contribution in [0.2, 0.25) is 0 Å². The molecule has 0 amide bonds. The van der Waals surface area contributed by atoms with Gasteiger partial charge >= 0.3 is 5.97 Å². The van der Waals surface area contributed by atoms with Gasteiger partial charge in [-0.2, -0.15) is 0 Å². The minimum Gasteiger partial charge on any atom is -0.480 e. The molecule has 3 N–H and O–H groups in total. The molecule has 2 aliphatic rings. The highest BCUT2D eigenvalue weighted by atomic mass is 16.4. The van der Waals surface area contributed by atoms with Crippen LogP contribution in [-0.4, -0.2) is 41.1 Å². The van der Waals surface area contributed by atoms with Crippen LogP contribution in [0.3, 0.4) is 0 Å². The maximum Gasteiger partial charge on any atom is 0.325 e. The van der Waals surface area contributed by atoms with Crippen LogP contribution in [0.5, 0.6) is 0 Å². The van der Waals surface area contributed by atoms with Crippen molar-refractivity contribution in [1.82, 2.24) is 4.90 Å². The van der Waals surface area contributed by atoms with Gasteiger partial charge in [-0.3, -0.25) is 4.79 Å². The molecular formula is C13H24N2O2. The molecule has 3 atom stereocenters. The Labute approximate surface area is 103 Å². The van der Waals surface area contributed by atoms with E-state index in [1.54, 1.807) is 0 Å². The number of carboxylic acid groups (broad SMARTS) is 1. The molecule has 1 aliphatic carbocycles. The Hall–Kier alpha value is -0.610. The molecule has 4 nitrogen and oxygen atoms in total. The highest BCUT2D eigenvalue weighted by Crippen LogP contribution is 2.39. The minimum absolute atomic E-state index is 0.188. The van der Waals surface area contributed by atoms with Crippen LogP contribution >= 0.6 is 0 Å². The molecule has 0 aromatic heterocycles. The van der Waals surface area contributed by atoms with Crippen molar-refractivity contribution in [2.24, 2.45) is 23.5 Å². The standard InChI is InChI=1S/C13H24N2O2/c1-9-5-10(2)7-15(6-9)8-13(14,12(16)17)11-3-4-11/h9-11H,3-8,14H2,1-2H3,(H,16,17). The summed E-state index contributed by atoms with van der Waals surface area (Å²) in [6.07, 6.45) is 3.19. The first-order valence-corrected chi connectivity index (χ1v) is 6.66. The molecule has 0 spiro atoms. The van der Waals surface area contributed by atoms with E-state index in [9.17, 15) is 9.90 Å². The zero-order valence-corrected chi connectivity index (χ0v) is 10.9. The van der Waals surface area contributed by atoms with Crippen molar-refractivity contribution in [2.45, 2.75) is 38.6 Å². The fourth-order valence-electron chi connectivity index (χ4n) is 3.26. The number of nitrogens with zero attached hydrogens (tertiary/aromatic N) is 1. The fourth-order valence-corrected chi connectivity index (χ4v) is 3.26. The van der Waals surface area contributed by atoms with Crippen LogP contribution in [0.4, 0.5) is 0 Å². The first kappa shape index (κ1) is 12.8. The Bertz CT molecular complexity index is 294. The van der Waals surface area contributed by atoms with Crippen LogP contribution in [0.15, 0.2) is 0 Å². The van der Waals surface area contributed by atoms with E-state index in [1.807, 2.05) is 0 Å². The first-order chi connectivity index (χ1) is 7.91. The van der Waals surface area contributed by atoms with Crippen LogP contribution in [0.1, 0.15) is 33.1 Å². The number of nitrogens with two attached hydrogens (primary N) is 1. The molecule has 98 valence electrons. The quantitative estimate of drug-likeness (QED) is 0.774. The lowest BCUT2D eigenvalue weighted by molar-refractivity contribution is -0.145. The lowest BCUT2D eigenvalue weighted by Crippen LogP contribution is -2.59. The molecule has 2 rings (SSSR count). The maximum atomic E-state index is 11.4. The molecular weight excluding hydrogens is 216 g/mol. The third-order valence-corrected chi connectivity index (χ3v) is 4.13. The second-order valence-corrected chi connectivity index (χ2v) is 6.26. The summed E-state index contributed by atoms with van der Waals surface area (Å²) in [5, 5.41) is 9.35. The molecule has 1 heterocycles. The van der Waals surface area contributed by atoms with Crippen LogP contribution in [0.25, 0.3) is 0 Å². The molecule has 1 saturated carbocycles. The number of carboxylic acids is 1. The second-order valence-electron chi connectivity index (χ2n) is 6.26. The average Bonchev–Trinajstić information content (AvgIpc) is 2.97. The lowest BCUT2D eigenvalue weighted by atomic mass is 9.88. The zero-order chi connectivity index (χ0) is 12.6. The van der Waals surface area contributed by atoms with E-state index in [0.717, 1.165) is 25.9 Å². The smallest absolute Gasteiger partial charge is 0.325 e. The fraction of sp³-hybridized carbons (Fsp3) is 0.923. The summed E-state index contributed by atoms with van der Waals surface area (Å²) in [5.74, 6) is 0.658. The summed E-state index contributed by atoms with van der Waals surface area (Å²) >= 11 is 0. The summed E-state index contributed by atoms with van der Waals surface area (Å²) < 4.78 is 0. The van der Waals surface area contributed by atoms with E-state index < -0.39 is 11.5 Å². The highest BCUT2D eigenvalue weighted by Gasteiger charge is 2.49.